The molecule has 4 aromatic rings. The molecule has 10 heteroatoms. The van der Waals surface area contributed by atoms with Gasteiger partial charge in [0.2, 0.25) is 0 Å². The Morgan fingerprint density at radius 1 is 0.659 bits per heavy atom. The van der Waals surface area contributed by atoms with Crippen LogP contribution in [-0.2, 0) is 10.2 Å². The highest BCUT2D eigenvalue weighted by Gasteiger charge is 2.46. The molecule has 44 heavy (non-hydrogen) atoms. The molecule has 0 spiro atoms. The highest BCUT2D eigenvalue weighted by Crippen LogP contribution is 2.47. The van der Waals surface area contributed by atoms with Crippen molar-refractivity contribution in [1.82, 2.24) is 0 Å². The van der Waals surface area contributed by atoms with E-state index in [4.69, 9.17) is 24.8 Å². The van der Waals surface area contributed by atoms with Gasteiger partial charge in [0.1, 0.15) is 11.5 Å². The number of carbonyl (C=O) groups is 4. The monoisotopic (exact) mass is 598 g/mol. The van der Waals surface area contributed by atoms with Gasteiger partial charge in [0.25, 0.3) is 0 Å². The SMILES string of the molecule is CC1(C)CC(c2ccc(O)cc2)(c2ccc(OC(=O)c3ccc(C(=O)O)cc3)cc2)CO1.O=C(O)c1cccc(C(=O)O)c1. The highest BCUT2D eigenvalue weighted by atomic mass is 16.5. The van der Waals surface area contributed by atoms with Crippen molar-refractivity contribution in [2.45, 2.75) is 31.3 Å². The zero-order valence-electron chi connectivity index (χ0n) is 23.9. The molecule has 1 aliphatic rings. The second-order valence-corrected chi connectivity index (χ2v) is 10.8. The number of phenols is 1. The van der Waals surface area contributed by atoms with Crippen LogP contribution in [0.5, 0.6) is 11.5 Å². The van der Waals surface area contributed by atoms with E-state index in [1.807, 2.05) is 24.3 Å². The third-order valence-corrected chi connectivity index (χ3v) is 7.20. The second-order valence-electron chi connectivity index (χ2n) is 10.8. The summed E-state index contributed by atoms with van der Waals surface area (Å²) in [5, 5.41) is 35.7. The zero-order chi connectivity index (χ0) is 32.1. The Kier molecular flexibility index (Phi) is 9.15. The van der Waals surface area contributed by atoms with E-state index in [-0.39, 0.29) is 39.0 Å². The second kappa shape index (κ2) is 12.8. The normalized spacial score (nSPS) is 16.7. The third-order valence-electron chi connectivity index (χ3n) is 7.20. The summed E-state index contributed by atoms with van der Waals surface area (Å²) < 4.78 is 11.5. The lowest BCUT2D eigenvalue weighted by Gasteiger charge is -2.30. The summed E-state index contributed by atoms with van der Waals surface area (Å²) in [6.07, 6.45) is 0.764. The number of esters is 1. The fourth-order valence-electron chi connectivity index (χ4n) is 5.01. The van der Waals surface area contributed by atoms with Crippen molar-refractivity contribution in [2.24, 2.45) is 0 Å². The Balaban J connectivity index is 0.000000309. The quantitative estimate of drug-likeness (QED) is 0.149. The van der Waals surface area contributed by atoms with Crippen LogP contribution in [0.1, 0.15) is 72.8 Å². The van der Waals surface area contributed by atoms with Crippen molar-refractivity contribution < 1.29 is 49.1 Å². The molecule has 1 heterocycles. The van der Waals surface area contributed by atoms with Crippen molar-refractivity contribution in [3.05, 3.63) is 130 Å². The molecular weight excluding hydrogens is 568 g/mol. The minimum Gasteiger partial charge on any atom is -0.508 e. The molecule has 4 aromatic carbocycles. The number of carbonyl (C=O) groups excluding carboxylic acids is 1. The molecule has 1 fully saturated rings. The van der Waals surface area contributed by atoms with Crippen LogP contribution in [0, 0.1) is 0 Å². The number of ether oxygens (including phenoxy) is 2. The lowest BCUT2D eigenvalue weighted by atomic mass is 9.71. The molecular formula is C34H30O10. The lowest BCUT2D eigenvalue weighted by Crippen LogP contribution is -2.29. The molecule has 0 saturated carbocycles. The first kappa shape index (κ1) is 31.5. The maximum absolute atomic E-state index is 12.4. The van der Waals surface area contributed by atoms with Crippen molar-refractivity contribution in [3.8, 4) is 11.5 Å². The van der Waals surface area contributed by atoms with Gasteiger partial charge in [-0.15, -0.1) is 0 Å². The molecule has 1 aliphatic heterocycles. The van der Waals surface area contributed by atoms with E-state index >= 15 is 0 Å². The number of rotatable bonds is 7. The van der Waals surface area contributed by atoms with Crippen LogP contribution >= 0.6 is 0 Å². The summed E-state index contributed by atoms with van der Waals surface area (Å²) in [6, 6.07) is 25.3. The van der Waals surface area contributed by atoms with Crippen LogP contribution < -0.4 is 4.74 Å². The molecule has 5 rings (SSSR count). The van der Waals surface area contributed by atoms with Gasteiger partial charge in [-0.05, 0) is 98.1 Å². The molecule has 0 bridgehead atoms. The predicted octanol–water partition coefficient (Wildman–Crippen LogP) is 5.88. The fraction of sp³-hybridized carbons (Fsp3) is 0.176. The largest absolute Gasteiger partial charge is 0.508 e. The third kappa shape index (κ3) is 7.29. The molecule has 1 unspecified atom stereocenters. The fourth-order valence-corrected chi connectivity index (χ4v) is 5.01. The summed E-state index contributed by atoms with van der Waals surface area (Å²) in [5.74, 6) is -3.27. The predicted molar refractivity (Wildman–Crippen MR) is 159 cm³/mol. The van der Waals surface area contributed by atoms with E-state index in [0.717, 1.165) is 23.6 Å². The van der Waals surface area contributed by atoms with Gasteiger partial charge in [-0.3, -0.25) is 0 Å². The number of carboxylic acid groups (broad SMARTS) is 3. The number of aromatic hydroxyl groups is 1. The van der Waals surface area contributed by atoms with Gasteiger partial charge in [0.05, 0.1) is 34.5 Å². The number of hydrogen-bond acceptors (Lipinski definition) is 7. The average molecular weight is 599 g/mol. The first-order valence-corrected chi connectivity index (χ1v) is 13.5. The Morgan fingerprint density at radius 3 is 1.59 bits per heavy atom. The number of hydrogen-bond donors (Lipinski definition) is 4. The molecule has 226 valence electrons. The van der Waals surface area contributed by atoms with Gasteiger partial charge in [0, 0.05) is 5.41 Å². The molecule has 0 aliphatic carbocycles. The molecule has 4 N–H and O–H groups in total. The van der Waals surface area contributed by atoms with Crippen LogP contribution in [0.2, 0.25) is 0 Å². The van der Waals surface area contributed by atoms with E-state index < -0.39 is 23.9 Å². The Hall–Kier alpha value is -5.48. The molecule has 0 amide bonds. The van der Waals surface area contributed by atoms with E-state index in [2.05, 4.69) is 13.8 Å². The van der Waals surface area contributed by atoms with Gasteiger partial charge in [-0.2, -0.15) is 0 Å². The zero-order valence-corrected chi connectivity index (χ0v) is 23.9. The molecule has 1 atom stereocenters. The first-order valence-electron chi connectivity index (χ1n) is 13.5. The van der Waals surface area contributed by atoms with Crippen molar-refractivity contribution in [3.63, 3.8) is 0 Å². The summed E-state index contributed by atoms with van der Waals surface area (Å²) in [6.45, 7) is 4.61. The number of carboxylic acids is 3. The maximum atomic E-state index is 12.4. The Bertz CT molecular complexity index is 1640. The van der Waals surface area contributed by atoms with E-state index in [1.54, 1.807) is 24.3 Å². The van der Waals surface area contributed by atoms with E-state index in [9.17, 15) is 24.3 Å². The van der Waals surface area contributed by atoms with Gasteiger partial charge in [-0.25, -0.2) is 19.2 Å². The van der Waals surface area contributed by atoms with Crippen LogP contribution in [0.3, 0.4) is 0 Å². The van der Waals surface area contributed by atoms with Gasteiger partial charge >= 0.3 is 23.9 Å². The van der Waals surface area contributed by atoms with E-state index in [1.165, 1.54) is 42.5 Å². The van der Waals surface area contributed by atoms with Crippen LogP contribution in [0.4, 0.5) is 0 Å². The minimum atomic E-state index is -1.13. The first-order chi connectivity index (χ1) is 20.8. The molecule has 0 radical (unpaired) electrons. The highest BCUT2D eigenvalue weighted by molar-refractivity contribution is 5.94. The standard InChI is InChI=1S/C26H24O6.C8H6O4/c1-25(2)15-26(16-31-25,19-7-11-21(27)12-8-19)20-9-13-22(14-10-20)32-24(30)18-5-3-17(4-6-18)23(28)29;9-7(10)5-2-1-3-6(4-5)8(11)12/h3-14,27H,15-16H2,1-2H3,(H,28,29);1-4H,(H,9,10)(H,11,12). The Morgan fingerprint density at radius 2 is 1.14 bits per heavy atom. The van der Waals surface area contributed by atoms with E-state index in [0.29, 0.717) is 12.4 Å². The van der Waals surface area contributed by atoms with Crippen LogP contribution in [0.15, 0.2) is 97.1 Å². The van der Waals surface area contributed by atoms with Gasteiger partial charge in [-0.1, -0.05) is 30.3 Å². The van der Waals surface area contributed by atoms with Crippen molar-refractivity contribution in [1.29, 1.82) is 0 Å². The maximum Gasteiger partial charge on any atom is 0.343 e. The van der Waals surface area contributed by atoms with Crippen molar-refractivity contribution in [2.75, 3.05) is 6.61 Å². The van der Waals surface area contributed by atoms with Gasteiger partial charge < -0.3 is 29.9 Å². The lowest BCUT2D eigenvalue weighted by molar-refractivity contribution is 0.0348. The molecule has 1 saturated heterocycles. The summed E-state index contributed by atoms with van der Waals surface area (Å²) in [4.78, 5) is 44.2. The Labute approximate surface area is 252 Å². The number of aromatic carboxylic acids is 3. The van der Waals surface area contributed by atoms with Crippen LogP contribution in [0.25, 0.3) is 0 Å². The van der Waals surface area contributed by atoms with Crippen molar-refractivity contribution >= 4 is 23.9 Å². The number of phenolic OH excluding ortho intramolecular Hbond substituents is 1. The summed E-state index contributed by atoms with van der Waals surface area (Å²) in [5.41, 5.74) is 1.73. The summed E-state index contributed by atoms with van der Waals surface area (Å²) in [7, 11) is 0. The smallest absolute Gasteiger partial charge is 0.343 e. The molecule has 0 aromatic heterocycles. The number of benzene rings is 4. The van der Waals surface area contributed by atoms with Crippen LogP contribution in [-0.4, -0.2) is 56.5 Å². The molecule has 10 nitrogen and oxygen atoms in total. The van der Waals surface area contributed by atoms with Gasteiger partial charge in [0.15, 0.2) is 0 Å². The average Bonchev–Trinajstić information content (AvgIpc) is 3.34. The minimum absolute atomic E-state index is 0.0186. The topological polar surface area (TPSA) is 168 Å². The summed E-state index contributed by atoms with van der Waals surface area (Å²) >= 11 is 0.